The third-order valence-electron chi connectivity index (χ3n) is 5.90. The number of likely N-dealkylation sites (tertiary alicyclic amines) is 1. The van der Waals surface area contributed by atoms with Gasteiger partial charge in [0.05, 0.1) is 11.0 Å². The summed E-state index contributed by atoms with van der Waals surface area (Å²) in [4.78, 5) is 38.3. The maximum atomic E-state index is 13.0. The number of hydrogen-bond acceptors (Lipinski definition) is 4. The van der Waals surface area contributed by atoms with E-state index < -0.39 is 0 Å². The Bertz CT molecular complexity index is 1280. The van der Waals surface area contributed by atoms with Crippen molar-refractivity contribution < 1.29 is 4.79 Å². The van der Waals surface area contributed by atoms with Gasteiger partial charge in [0.15, 0.2) is 5.65 Å². The number of aromatic nitrogens is 4. The lowest BCUT2D eigenvalue weighted by Gasteiger charge is -2.32. The standard InChI is InChI=1S/C22H21N5O2/c1-26-19-17(6-10-24-20(19)25-22(26)29)14-7-11-27(12-8-14)21(28)16-5-4-15-3-2-9-23-18(15)13-16/h2-6,9-10,13-14H,7-8,11-12H2,1H3,(H,24,25,29). The Morgan fingerprint density at radius 1 is 1.10 bits per heavy atom. The fourth-order valence-corrected chi connectivity index (χ4v) is 4.30. The number of hydrogen-bond donors (Lipinski definition) is 1. The van der Waals surface area contributed by atoms with E-state index >= 15 is 0 Å². The number of piperidine rings is 1. The summed E-state index contributed by atoms with van der Waals surface area (Å²) in [6.07, 6.45) is 5.20. The van der Waals surface area contributed by atoms with Crippen LogP contribution in [0.3, 0.4) is 0 Å². The Balaban J connectivity index is 1.36. The number of rotatable bonds is 2. The van der Waals surface area contributed by atoms with Crippen LogP contribution in [0.15, 0.2) is 53.6 Å². The van der Waals surface area contributed by atoms with Gasteiger partial charge in [0.2, 0.25) is 0 Å². The molecule has 0 unspecified atom stereocenters. The molecule has 4 aromatic rings. The third kappa shape index (κ3) is 2.99. The molecular weight excluding hydrogens is 366 g/mol. The summed E-state index contributed by atoms with van der Waals surface area (Å²) >= 11 is 0. The topological polar surface area (TPSA) is 83.9 Å². The van der Waals surface area contributed by atoms with E-state index in [1.807, 2.05) is 41.3 Å². The molecule has 0 spiro atoms. The highest BCUT2D eigenvalue weighted by atomic mass is 16.2. The molecule has 1 N–H and O–H groups in total. The number of aryl methyl sites for hydroxylation is 1. The van der Waals surface area contributed by atoms with Gasteiger partial charge in [0.25, 0.3) is 5.91 Å². The first-order valence-electron chi connectivity index (χ1n) is 9.79. The van der Waals surface area contributed by atoms with E-state index in [4.69, 9.17) is 0 Å². The number of imidazole rings is 1. The summed E-state index contributed by atoms with van der Waals surface area (Å²) in [5, 5.41) is 1.03. The van der Waals surface area contributed by atoms with Crippen molar-refractivity contribution in [1.82, 2.24) is 24.4 Å². The first-order valence-corrected chi connectivity index (χ1v) is 9.79. The van der Waals surface area contributed by atoms with Crippen LogP contribution in [-0.2, 0) is 7.05 Å². The number of carbonyl (C=O) groups excluding carboxylic acids is 1. The molecule has 146 valence electrons. The molecule has 7 nitrogen and oxygen atoms in total. The van der Waals surface area contributed by atoms with Gasteiger partial charge in [-0.3, -0.25) is 19.3 Å². The minimum Gasteiger partial charge on any atom is -0.339 e. The van der Waals surface area contributed by atoms with Crippen LogP contribution < -0.4 is 5.69 Å². The number of nitrogens with one attached hydrogen (secondary N) is 1. The molecule has 1 aliphatic heterocycles. The zero-order chi connectivity index (χ0) is 20.0. The number of pyridine rings is 2. The molecule has 0 saturated carbocycles. The summed E-state index contributed by atoms with van der Waals surface area (Å²) in [5.41, 5.74) is 3.96. The maximum absolute atomic E-state index is 13.0. The average molecular weight is 387 g/mol. The monoisotopic (exact) mass is 387 g/mol. The van der Waals surface area contributed by atoms with Gasteiger partial charge in [-0.2, -0.15) is 0 Å². The molecule has 0 aliphatic carbocycles. The molecule has 0 radical (unpaired) electrons. The first-order chi connectivity index (χ1) is 14.1. The molecular formula is C22H21N5O2. The van der Waals surface area contributed by atoms with E-state index in [1.54, 1.807) is 24.0 Å². The molecule has 4 heterocycles. The molecule has 7 heteroatoms. The molecule has 1 aliphatic rings. The van der Waals surface area contributed by atoms with Crippen molar-refractivity contribution >= 4 is 28.0 Å². The van der Waals surface area contributed by atoms with Crippen LogP contribution in [0.5, 0.6) is 0 Å². The lowest BCUT2D eigenvalue weighted by atomic mass is 9.89. The predicted octanol–water partition coefficient (Wildman–Crippen LogP) is 2.83. The number of benzene rings is 1. The fourth-order valence-electron chi connectivity index (χ4n) is 4.30. The van der Waals surface area contributed by atoms with Gasteiger partial charge in [0.1, 0.15) is 0 Å². The van der Waals surface area contributed by atoms with E-state index in [0.29, 0.717) is 30.2 Å². The molecule has 5 rings (SSSR count). The summed E-state index contributed by atoms with van der Waals surface area (Å²) in [7, 11) is 1.76. The maximum Gasteiger partial charge on any atom is 0.327 e. The van der Waals surface area contributed by atoms with Crippen LogP contribution >= 0.6 is 0 Å². The molecule has 3 aromatic heterocycles. The van der Waals surface area contributed by atoms with Crippen molar-refractivity contribution in [2.24, 2.45) is 7.05 Å². The predicted molar refractivity (Wildman–Crippen MR) is 111 cm³/mol. The second-order valence-electron chi connectivity index (χ2n) is 7.56. The van der Waals surface area contributed by atoms with Crippen molar-refractivity contribution in [3.05, 3.63) is 70.4 Å². The van der Waals surface area contributed by atoms with Crippen LogP contribution in [-0.4, -0.2) is 43.4 Å². The number of carbonyl (C=O) groups is 1. The number of fused-ring (bicyclic) bond motifs is 2. The number of nitrogens with zero attached hydrogens (tertiary/aromatic N) is 4. The van der Waals surface area contributed by atoms with E-state index in [2.05, 4.69) is 15.0 Å². The van der Waals surface area contributed by atoms with Crippen LogP contribution in [0.2, 0.25) is 0 Å². The summed E-state index contributed by atoms with van der Waals surface area (Å²) in [6.45, 7) is 1.37. The van der Waals surface area contributed by atoms with Crippen molar-refractivity contribution in [3.63, 3.8) is 0 Å². The van der Waals surface area contributed by atoms with E-state index in [0.717, 1.165) is 34.8 Å². The lowest BCUT2D eigenvalue weighted by Crippen LogP contribution is -2.38. The van der Waals surface area contributed by atoms with Gasteiger partial charge in [-0.15, -0.1) is 0 Å². The first kappa shape index (κ1) is 17.6. The minimum absolute atomic E-state index is 0.0462. The molecule has 1 saturated heterocycles. The molecule has 0 bridgehead atoms. The Labute approximate surface area is 167 Å². The minimum atomic E-state index is -0.155. The fraction of sp³-hybridized carbons (Fsp3) is 0.273. The number of H-pyrrole nitrogens is 1. The molecule has 0 atom stereocenters. The Hall–Kier alpha value is -3.48. The van der Waals surface area contributed by atoms with Crippen molar-refractivity contribution in [2.45, 2.75) is 18.8 Å². The van der Waals surface area contributed by atoms with Gasteiger partial charge in [-0.25, -0.2) is 9.78 Å². The number of amides is 1. The second kappa shape index (κ2) is 6.84. The van der Waals surface area contributed by atoms with E-state index in [9.17, 15) is 9.59 Å². The quantitative estimate of drug-likeness (QED) is 0.573. The van der Waals surface area contributed by atoms with Gasteiger partial charge in [-0.1, -0.05) is 12.1 Å². The van der Waals surface area contributed by atoms with E-state index in [1.165, 1.54) is 0 Å². The normalized spacial score (nSPS) is 15.3. The van der Waals surface area contributed by atoms with Crippen molar-refractivity contribution in [2.75, 3.05) is 13.1 Å². The largest absolute Gasteiger partial charge is 0.339 e. The average Bonchev–Trinajstić information content (AvgIpc) is 3.07. The smallest absolute Gasteiger partial charge is 0.327 e. The molecule has 1 fully saturated rings. The zero-order valence-corrected chi connectivity index (χ0v) is 16.1. The molecule has 1 amide bonds. The Morgan fingerprint density at radius 2 is 1.93 bits per heavy atom. The highest BCUT2D eigenvalue weighted by molar-refractivity contribution is 5.97. The lowest BCUT2D eigenvalue weighted by molar-refractivity contribution is 0.0713. The SMILES string of the molecule is Cn1c(=O)[nH]c2nccc(C3CCN(C(=O)c4ccc5cccnc5c4)CC3)c21. The molecule has 1 aromatic carbocycles. The van der Waals surface area contributed by atoms with Crippen LogP contribution in [0.25, 0.3) is 22.1 Å². The van der Waals surface area contributed by atoms with Gasteiger partial charge in [0, 0.05) is 43.5 Å². The van der Waals surface area contributed by atoms with Crippen molar-refractivity contribution in [3.8, 4) is 0 Å². The zero-order valence-electron chi connectivity index (χ0n) is 16.1. The second-order valence-corrected chi connectivity index (χ2v) is 7.56. The van der Waals surface area contributed by atoms with Gasteiger partial charge in [-0.05, 0) is 48.6 Å². The van der Waals surface area contributed by atoms with Crippen LogP contribution in [0.1, 0.15) is 34.7 Å². The number of aromatic amines is 1. The summed E-state index contributed by atoms with van der Waals surface area (Å²) in [5.74, 6) is 0.342. The van der Waals surface area contributed by atoms with Crippen LogP contribution in [0.4, 0.5) is 0 Å². The van der Waals surface area contributed by atoms with Gasteiger partial charge >= 0.3 is 5.69 Å². The summed E-state index contributed by atoms with van der Waals surface area (Å²) in [6, 6.07) is 11.6. The van der Waals surface area contributed by atoms with Crippen molar-refractivity contribution in [1.29, 1.82) is 0 Å². The summed E-state index contributed by atoms with van der Waals surface area (Å²) < 4.78 is 1.62. The van der Waals surface area contributed by atoms with E-state index in [-0.39, 0.29) is 11.6 Å². The third-order valence-corrected chi connectivity index (χ3v) is 5.90. The Morgan fingerprint density at radius 3 is 2.76 bits per heavy atom. The highest BCUT2D eigenvalue weighted by Gasteiger charge is 2.27. The van der Waals surface area contributed by atoms with Crippen LogP contribution in [0, 0.1) is 0 Å². The highest BCUT2D eigenvalue weighted by Crippen LogP contribution is 2.32. The molecule has 29 heavy (non-hydrogen) atoms. The Kier molecular flexibility index (Phi) is 4.16. The van der Waals surface area contributed by atoms with Gasteiger partial charge < -0.3 is 4.90 Å².